The summed E-state index contributed by atoms with van der Waals surface area (Å²) in [7, 11) is 1.71. The molecular weight excluding hydrogens is 328 g/mol. The van der Waals surface area contributed by atoms with Gasteiger partial charge in [0.15, 0.2) is 0 Å². The van der Waals surface area contributed by atoms with Gasteiger partial charge in [0.1, 0.15) is 5.75 Å². The highest BCUT2D eigenvalue weighted by atomic mass is 79.9. The number of hydrogen-bond acceptors (Lipinski definition) is 3. The van der Waals surface area contributed by atoms with Crippen LogP contribution in [-0.4, -0.2) is 36.7 Å². The molecule has 3 nitrogen and oxygen atoms in total. The number of hydrogen-bond donors (Lipinski definition) is 0. The van der Waals surface area contributed by atoms with Gasteiger partial charge in [-0.2, -0.15) is 0 Å². The minimum atomic E-state index is 0. The van der Waals surface area contributed by atoms with Crippen molar-refractivity contribution in [2.75, 3.05) is 26.9 Å². The first kappa shape index (κ1) is 17.9. The van der Waals surface area contributed by atoms with Crippen LogP contribution in [0.2, 0.25) is 0 Å². The van der Waals surface area contributed by atoms with Crippen LogP contribution in [0.15, 0.2) is 36.7 Å². The molecular formula is C17H27BrN2O. The van der Waals surface area contributed by atoms with E-state index in [1.54, 1.807) is 7.11 Å². The Morgan fingerprint density at radius 1 is 1.00 bits per heavy atom. The maximum absolute atomic E-state index is 5.18. The molecule has 1 aliphatic rings. The van der Waals surface area contributed by atoms with E-state index in [2.05, 4.69) is 41.3 Å². The van der Waals surface area contributed by atoms with Gasteiger partial charge in [-0.15, -0.1) is 17.0 Å². The van der Waals surface area contributed by atoms with Crippen molar-refractivity contribution in [1.29, 1.82) is 0 Å². The molecule has 0 saturated heterocycles. The van der Waals surface area contributed by atoms with E-state index >= 15 is 0 Å². The van der Waals surface area contributed by atoms with Crippen molar-refractivity contribution in [1.82, 2.24) is 9.80 Å². The molecule has 0 fully saturated rings. The topological polar surface area (TPSA) is 15.7 Å². The normalized spacial score (nSPS) is 13.4. The number of rotatable bonds is 8. The number of benzene rings is 1. The van der Waals surface area contributed by atoms with Gasteiger partial charge in [-0.05, 0) is 37.0 Å². The number of aryl methyl sites for hydroxylation is 1. The van der Waals surface area contributed by atoms with Crippen molar-refractivity contribution >= 4 is 17.0 Å². The Morgan fingerprint density at radius 3 is 2.19 bits per heavy atom. The van der Waals surface area contributed by atoms with Crippen LogP contribution in [0.5, 0.6) is 5.75 Å². The smallest absolute Gasteiger partial charge is 0.118 e. The van der Waals surface area contributed by atoms with E-state index < -0.39 is 0 Å². The van der Waals surface area contributed by atoms with Gasteiger partial charge in [0, 0.05) is 25.5 Å². The summed E-state index contributed by atoms with van der Waals surface area (Å²) in [6.45, 7) is 5.61. The van der Waals surface area contributed by atoms with Gasteiger partial charge in [-0.3, -0.25) is 0 Å². The van der Waals surface area contributed by atoms with Crippen LogP contribution in [0, 0.1) is 0 Å². The minimum absolute atomic E-state index is 0. The van der Waals surface area contributed by atoms with Crippen molar-refractivity contribution in [3.05, 3.63) is 42.2 Å². The molecule has 21 heavy (non-hydrogen) atoms. The predicted molar refractivity (Wildman–Crippen MR) is 94.0 cm³/mol. The molecule has 0 spiro atoms. The van der Waals surface area contributed by atoms with Crippen molar-refractivity contribution < 1.29 is 4.74 Å². The van der Waals surface area contributed by atoms with Crippen LogP contribution >= 0.6 is 17.0 Å². The molecule has 0 amide bonds. The fourth-order valence-electron chi connectivity index (χ4n) is 2.45. The Labute approximate surface area is 139 Å². The Kier molecular flexibility index (Phi) is 8.28. The van der Waals surface area contributed by atoms with Crippen LogP contribution in [0.25, 0.3) is 0 Å². The number of ether oxygens (including phenoxy) is 1. The SMILES string of the molecule is Br.CCCCN1C=CN(CCCc2ccc(OC)cc2)C1. The van der Waals surface area contributed by atoms with Crippen molar-refractivity contribution in [2.45, 2.75) is 32.6 Å². The lowest BCUT2D eigenvalue weighted by atomic mass is 10.1. The lowest BCUT2D eigenvalue weighted by Gasteiger charge is -2.21. The molecule has 118 valence electrons. The zero-order valence-electron chi connectivity index (χ0n) is 13.1. The Hall–Kier alpha value is -1.16. The van der Waals surface area contributed by atoms with E-state index in [0.717, 1.165) is 25.4 Å². The van der Waals surface area contributed by atoms with E-state index in [0.29, 0.717) is 0 Å². The maximum atomic E-state index is 5.18. The molecule has 0 unspecified atom stereocenters. The number of halogens is 1. The first-order valence-corrected chi connectivity index (χ1v) is 7.61. The molecule has 1 aliphatic heterocycles. The minimum Gasteiger partial charge on any atom is -0.497 e. The van der Waals surface area contributed by atoms with Gasteiger partial charge in [0.25, 0.3) is 0 Å². The Morgan fingerprint density at radius 2 is 1.62 bits per heavy atom. The van der Waals surface area contributed by atoms with Crippen LogP contribution in [-0.2, 0) is 6.42 Å². The highest BCUT2D eigenvalue weighted by molar-refractivity contribution is 8.93. The average molecular weight is 355 g/mol. The lowest BCUT2D eigenvalue weighted by Crippen LogP contribution is -2.26. The molecule has 4 heteroatoms. The molecule has 1 aromatic rings. The summed E-state index contributed by atoms with van der Waals surface area (Å²) in [5.74, 6) is 0.933. The van der Waals surface area contributed by atoms with Gasteiger partial charge >= 0.3 is 0 Å². The molecule has 0 bridgehead atoms. The monoisotopic (exact) mass is 354 g/mol. The highest BCUT2D eigenvalue weighted by Gasteiger charge is 2.10. The second-order valence-corrected chi connectivity index (χ2v) is 5.37. The molecule has 0 aliphatic carbocycles. The highest BCUT2D eigenvalue weighted by Crippen LogP contribution is 2.14. The summed E-state index contributed by atoms with van der Waals surface area (Å²) in [6, 6.07) is 8.40. The molecule has 0 N–H and O–H groups in total. The first-order valence-electron chi connectivity index (χ1n) is 7.61. The summed E-state index contributed by atoms with van der Waals surface area (Å²) in [4.78, 5) is 4.80. The molecule has 1 aromatic carbocycles. The molecule has 1 heterocycles. The van der Waals surface area contributed by atoms with E-state index in [1.165, 1.54) is 31.4 Å². The van der Waals surface area contributed by atoms with Crippen LogP contribution < -0.4 is 4.74 Å². The number of methoxy groups -OCH3 is 1. The van der Waals surface area contributed by atoms with Gasteiger partial charge in [-0.25, -0.2) is 0 Å². The summed E-state index contributed by atoms with van der Waals surface area (Å²) >= 11 is 0. The Bertz CT molecular complexity index is 419. The molecule has 2 rings (SSSR count). The van der Waals surface area contributed by atoms with Crippen molar-refractivity contribution in [3.63, 3.8) is 0 Å². The quantitative estimate of drug-likeness (QED) is 0.700. The van der Waals surface area contributed by atoms with Crippen LogP contribution in [0.4, 0.5) is 0 Å². The third-order valence-electron chi connectivity index (χ3n) is 3.72. The molecule has 0 aromatic heterocycles. The summed E-state index contributed by atoms with van der Waals surface area (Å²) in [6.07, 6.45) is 9.32. The number of nitrogens with zero attached hydrogens (tertiary/aromatic N) is 2. The number of unbranched alkanes of at least 4 members (excludes halogenated alkanes) is 1. The van der Waals surface area contributed by atoms with Crippen LogP contribution in [0.3, 0.4) is 0 Å². The van der Waals surface area contributed by atoms with E-state index in [4.69, 9.17) is 4.74 Å². The summed E-state index contributed by atoms with van der Waals surface area (Å²) < 4.78 is 5.18. The van der Waals surface area contributed by atoms with Gasteiger partial charge in [0.05, 0.1) is 13.8 Å². The fraction of sp³-hybridized carbons (Fsp3) is 0.529. The molecule has 0 saturated carbocycles. The van der Waals surface area contributed by atoms with E-state index in [-0.39, 0.29) is 17.0 Å². The van der Waals surface area contributed by atoms with E-state index in [1.807, 2.05) is 12.1 Å². The zero-order chi connectivity index (χ0) is 14.2. The maximum Gasteiger partial charge on any atom is 0.118 e. The van der Waals surface area contributed by atoms with E-state index in [9.17, 15) is 0 Å². The third-order valence-corrected chi connectivity index (χ3v) is 3.72. The fourth-order valence-corrected chi connectivity index (χ4v) is 2.45. The van der Waals surface area contributed by atoms with Gasteiger partial charge in [0.2, 0.25) is 0 Å². The predicted octanol–water partition coefficient (Wildman–Crippen LogP) is 4.05. The van der Waals surface area contributed by atoms with Gasteiger partial charge in [-0.1, -0.05) is 25.5 Å². The standard InChI is InChI=1S/C17H26N2O.BrH/c1-3-4-11-18-13-14-19(15-18)12-5-6-16-7-9-17(20-2)10-8-16;/h7-10,13-14H,3-6,11-12,15H2,1-2H3;1H. The summed E-state index contributed by atoms with van der Waals surface area (Å²) in [5.41, 5.74) is 1.39. The average Bonchev–Trinajstić information content (AvgIpc) is 2.94. The third kappa shape index (κ3) is 6.00. The second-order valence-electron chi connectivity index (χ2n) is 5.37. The lowest BCUT2D eigenvalue weighted by molar-refractivity contribution is 0.260. The Balaban J connectivity index is 0.00000220. The van der Waals surface area contributed by atoms with Crippen molar-refractivity contribution in [2.24, 2.45) is 0 Å². The molecule has 0 radical (unpaired) electrons. The van der Waals surface area contributed by atoms with Gasteiger partial charge < -0.3 is 14.5 Å². The zero-order valence-corrected chi connectivity index (χ0v) is 14.8. The van der Waals surface area contributed by atoms with Crippen LogP contribution in [0.1, 0.15) is 31.7 Å². The van der Waals surface area contributed by atoms with Crippen molar-refractivity contribution in [3.8, 4) is 5.75 Å². The second kappa shape index (κ2) is 9.72. The largest absolute Gasteiger partial charge is 0.497 e. The summed E-state index contributed by atoms with van der Waals surface area (Å²) in [5, 5.41) is 0. The first-order chi connectivity index (χ1) is 9.81. The molecule has 0 atom stereocenters.